The van der Waals surface area contributed by atoms with Crippen molar-refractivity contribution in [3.8, 4) is 5.75 Å². The summed E-state index contributed by atoms with van der Waals surface area (Å²) in [6.07, 6.45) is 1.63. The Kier molecular flexibility index (Phi) is 6.49. The molecule has 0 amide bonds. The molecule has 0 saturated carbocycles. The summed E-state index contributed by atoms with van der Waals surface area (Å²) < 4.78 is 10.2. The van der Waals surface area contributed by atoms with E-state index >= 15 is 0 Å². The summed E-state index contributed by atoms with van der Waals surface area (Å²) in [5.74, 6) is 1.83. The molecule has 0 unspecified atom stereocenters. The van der Waals surface area contributed by atoms with Gasteiger partial charge in [-0.1, -0.05) is 17.3 Å². The SMILES string of the molecule is CCNC(=NCc1cccc(OC)c1)N1CCN(Cc2ccon2)CC1. The Balaban J connectivity index is 1.57. The van der Waals surface area contributed by atoms with Gasteiger partial charge in [0, 0.05) is 45.3 Å². The highest BCUT2D eigenvalue weighted by Crippen LogP contribution is 2.14. The zero-order valence-electron chi connectivity index (χ0n) is 15.5. The van der Waals surface area contributed by atoms with Crippen molar-refractivity contribution < 1.29 is 9.26 Å². The molecule has 1 saturated heterocycles. The third-order valence-corrected chi connectivity index (χ3v) is 4.43. The number of benzene rings is 1. The molecule has 1 fully saturated rings. The first-order valence-electron chi connectivity index (χ1n) is 9.06. The minimum Gasteiger partial charge on any atom is -0.497 e. The van der Waals surface area contributed by atoms with Crippen LogP contribution in [0, 0.1) is 0 Å². The minimum atomic E-state index is 0.638. The van der Waals surface area contributed by atoms with Gasteiger partial charge in [0.1, 0.15) is 12.0 Å². The first-order chi connectivity index (χ1) is 12.8. The first-order valence-corrected chi connectivity index (χ1v) is 9.06. The number of ether oxygens (including phenoxy) is 1. The highest BCUT2D eigenvalue weighted by molar-refractivity contribution is 5.80. The number of rotatable bonds is 6. The predicted molar refractivity (Wildman–Crippen MR) is 101 cm³/mol. The molecule has 1 N–H and O–H groups in total. The van der Waals surface area contributed by atoms with Gasteiger partial charge in [0.2, 0.25) is 0 Å². The molecule has 3 rings (SSSR count). The lowest BCUT2D eigenvalue weighted by atomic mass is 10.2. The quantitative estimate of drug-likeness (QED) is 0.630. The number of nitrogens with one attached hydrogen (secondary N) is 1. The van der Waals surface area contributed by atoms with Crippen LogP contribution in [-0.2, 0) is 13.1 Å². The molecular formula is C19H27N5O2. The molecular weight excluding hydrogens is 330 g/mol. The topological polar surface area (TPSA) is 66.1 Å². The molecule has 7 nitrogen and oxygen atoms in total. The number of aromatic nitrogens is 1. The lowest BCUT2D eigenvalue weighted by Gasteiger charge is -2.36. The van der Waals surface area contributed by atoms with Gasteiger partial charge in [-0.05, 0) is 24.6 Å². The van der Waals surface area contributed by atoms with Gasteiger partial charge in [0.05, 0.1) is 19.3 Å². The van der Waals surface area contributed by atoms with E-state index in [-0.39, 0.29) is 0 Å². The van der Waals surface area contributed by atoms with Crippen molar-refractivity contribution in [2.45, 2.75) is 20.0 Å². The maximum absolute atomic E-state index is 5.29. The first kappa shape index (κ1) is 18.3. The van der Waals surface area contributed by atoms with E-state index in [4.69, 9.17) is 14.3 Å². The van der Waals surface area contributed by atoms with Crippen LogP contribution in [0.15, 0.2) is 46.1 Å². The van der Waals surface area contributed by atoms with E-state index in [9.17, 15) is 0 Å². The number of guanidine groups is 1. The van der Waals surface area contributed by atoms with E-state index in [1.807, 2.05) is 24.3 Å². The van der Waals surface area contributed by atoms with E-state index in [0.29, 0.717) is 6.54 Å². The summed E-state index contributed by atoms with van der Waals surface area (Å²) in [6.45, 7) is 8.29. The summed E-state index contributed by atoms with van der Waals surface area (Å²) in [7, 11) is 1.69. The zero-order valence-corrected chi connectivity index (χ0v) is 15.5. The average Bonchev–Trinajstić information content (AvgIpc) is 3.19. The molecule has 0 radical (unpaired) electrons. The molecule has 1 aromatic heterocycles. The predicted octanol–water partition coefficient (Wildman–Crippen LogP) is 1.97. The summed E-state index contributed by atoms with van der Waals surface area (Å²) in [6, 6.07) is 9.98. The lowest BCUT2D eigenvalue weighted by molar-refractivity contribution is 0.169. The van der Waals surface area contributed by atoms with Crippen molar-refractivity contribution in [2.24, 2.45) is 4.99 Å². The van der Waals surface area contributed by atoms with E-state index in [2.05, 4.69) is 33.3 Å². The molecule has 0 aliphatic carbocycles. The number of aliphatic imine (C=N–C) groups is 1. The Labute approximate surface area is 154 Å². The third-order valence-electron chi connectivity index (χ3n) is 4.43. The fourth-order valence-electron chi connectivity index (χ4n) is 3.03. The van der Waals surface area contributed by atoms with Crippen LogP contribution in [0.3, 0.4) is 0 Å². The van der Waals surface area contributed by atoms with Gasteiger partial charge in [0.25, 0.3) is 0 Å². The van der Waals surface area contributed by atoms with E-state index in [1.54, 1.807) is 13.4 Å². The molecule has 0 bridgehead atoms. The number of hydrogen-bond donors (Lipinski definition) is 1. The normalized spacial score (nSPS) is 15.9. The Hall–Kier alpha value is -2.54. The van der Waals surface area contributed by atoms with E-state index in [1.165, 1.54) is 0 Å². The van der Waals surface area contributed by atoms with Gasteiger partial charge in [-0.3, -0.25) is 4.90 Å². The van der Waals surface area contributed by atoms with E-state index < -0.39 is 0 Å². The Morgan fingerprint density at radius 3 is 2.81 bits per heavy atom. The van der Waals surface area contributed by atoms with Gasteiger partial charge in [0.15, 0.2) is 5.96 Å². The fourth-order valence-corrected chi connectivity index (χ4v) is 3.03. The summed E-state index contributed by atoms with van der Waals surface area (Å²) in [4.78, 5) is 9.52. The highest BCUT2D eigenvalue weighted by atomic mass is 16.5. The Bertz CT molecular complexity index is 694. The molecule has 1 aliphatic heterocycles. The maximum atomic E-state index is 5.29. The molecule has 2 aromatic rings. The van der Waals surface area contributed by atoms with Gasteiger partial charge in [-0.2, -0.15) is 0 Å². The van der Waals surface area contributed by atoms with Gasteiger partial charge < -0.3 is 19.5 Å². The molecule has 1 aromatic carbocycles. The zero-order chi connectivity index (χ0) is 18.2. The smallest absolute Gasteiger partial charge is 0.194 e. The van der Waals surface area contributed by atoms with Crippen LogP contribution in [0.25, 0.3) is 0 Å². The molecule has 26 heavy (non-hydrogen) atoms. The van der Waals surface area contributed by atoms with E-state index in [0.717, 1.165) is 62.2 Å². The van der Waals surface area contributed by atoms with Crippen molar-refractivity contribution in [3.63, 3.8) is 0 Å². The molecule has 1 aliphatic rings. The van der Waals surface area contributed by atoms with Gasteiger partial charge >= 0.3 is 0 Å². The monoisotopic (exact) mass is 357 g/mol. The Morgan fingerprint density at radius 1 is 1.27 bits per heavy atom. The van der Waals surface area contributed by atoms with Crippen LogP contribution in [0.4, 0.5) is 0 Å². The van der Waals surface area contributed by atoms with Crippen molar-refractivity contribution in [2.75, 3.05) is 39.8 Å². The molecule has 0 atom stereocenters. The summed E-state index contributed by atoms with van der Waals surface area (Å²) in [5.41, 5.74) is 2.13. The van der Waals surface area contributed by atoms with Crippen molar-refractivity contribution >= 4 is 5.96 Å². The van der Waals surface area contributed by atoms with Crippen LogP contribution in [0.5, 0.6) is 5.75 Å². The van der Waals surface area contributed by atoms with Crippen molar-refractivity contribution in [1.82, 2.24) is 20.3 Å². The van der Waals surface area contributed by atoms with Gasteiger partial charge in [-0.15, -0.1) is 0 Å². The fraction of sp³-hybridized carbons (Fsp3) is 0.474. The largest absolute Gasteiger partial charge is 0.497 e. The molecule has 7 heteroatoms. The molecule has 0 spiro atoms. The highest BCUT2D eigenvalue weighted by Gasteiger charge is 2.20. The Morgan fingerprint density at radius 2 is 2.12 bits per heavy atom. The lowest BCUT2D eigenvalue weighted by Crippen LogP contribution is -2.52. The number of piperazine rings is 1. The summed E-state index contributed by atoms with van der Waals surface area (Å²) in [5, 5.41) is 7.40. The van der Waals surface area contributed by atoms with Crippen LogP contribution >= 0.6 is 0 Å². The third kappa shape index (κ3) is 4.98. The van der Waals surface area contributed by atoms with Crippen LogP contribution in [0.1, 0.15) is 18.2 Å². The van der Waals surface area contributed by atoms with Crippen LogP contribution in [0.2, 0.25) is 0 Å². The second-order valence-electron chi connectivity index (χ2n) is 6.28. The molecule has 2 heterocycles. The number of nitrogens with zero attached hydrogens (tertiary/aromatic N) is 4. The van der Waals surface area contributed by atoms with Crippen molar-refractivity contribution in [3.05, 3.63) is 47.9 Å². The maximum Gasteiger partial charge on any atom is 0.194 e. The second-order valence-corrected chi connectivity index (χ2v) is 6.28. The summed E-state index contributed by atoms with van der Waals surface area (Å²) >= 11 is 0. The van der Waals surface area contributed by atoms with Crippen LogP contribution < -0.4 is 10.1 Å². The van der Waals surface area contributed by atoms with Crippen LogP contribution in [-0.4, -0.2) is 60.7 Å². The number of hydrogen-bond acceptors (Lipinski definition) is 5. The second kappa shape index (κ2) is 9.24. The average molecular weight is 357 g/mol. The van der Waals surface area contributed by atoms with Crippen molar-refractivity contribution in [1.29, 1.82) is 0 Å². The minimum absolute atomic E-state index is 0.638. The number of methoxy groups -OCH3 is 1. The molecule has 140 valence electrons. The van der Waals surface area contributed by atoms with Gasteiger partial charge in [-0.25, -0.2) is 4.99 Å². The standard InChI is InChI=1S/C19H27N5O2/c1-3-20-19(21-14-16-5-4-6-18(13-16)25-2)24-10-8-23(9-11-24)15-17-7-12-26-22-17/h4-7,12-13H,3,8-11,14-15H2,1-2H3,(H,20,21).